The highest BCUT2D eigenvalue weighted by atomic mass is 32.2. The number of nitrogens with zero attached hydrogens (tertiary/aromatic N) is 1. The van der Waals surface area contributed by atoms with Crippen LogP contribution in [0.3, 0.4) is 0 Å². The molecule has 1 amide bonds. The maximum absolute atomic E-state index is 12.2. The summed E-state index contributed by atoms with van der Waals surface area (Å²) >= 11 is 0. The van der Waals surface area contributed by atoms with E-state index in [1.54, 1.807) is 49.4 Å². The molecule has 0 saturated heterocycles. The van der Waals surface area contributed by atoms with Gasteiger partial charge in [0.15, 0.2) is 6.61 Å². The van der Waals surface area contributed by atoms with Crippen LogP contribution in [0.25, 0.3) is 0 Å². The molecule has 25 heavy (non-hydrogen) atoms. The number of carbonyl (C=O) groups is 2. The molecule has 0 aliphatic heterocycles. The van der Waals surface area contributed by atoms with E-state index in [-0.39, 0.29) is 5.56 Å². The van der Waals surface area contributed by atoms with Crippen molar-refractivity contribution in [1.82, 2.24) is 0 Å². The van der Waals surface area contributed by atoms with Crippen molar-refractivity contribution in [2.75, 3.05) is 17.7 Å². The molecule has 0 fully saturated rings. The minimum atomic E-state index is -1.31. The van der Waals surface area contributed by atoms with Gasteiger partial charge >= 0.3 is 5.97 Å². The minimum absolute atomic E-state index is 0.174. The van der Waals surface area contributed by atoms with Crippen LogP contribution in [-0.4, -0.2) is 28.4 Å². The number of nitriles is 1. The first-order chi connectivity index (χ1) is 12.1. The van der Waals surface area contributed by atoms with E-state index in [0.717, 1.165) is 0 Å². The summed E-state index contributed by atoms with van der Waals surface area (Å²) in [6.45, 7) is 1.24. The highest BCUT2D eigenvalue weighted by molar-refractivity contribution is 7.85. The van der Waals surface area contributed by atoms with Gasteiger partial charge in [0.25, 0.3) is 5.91 Å². The minimum Gasteiger partial charge on any atom is -0.452 e. The zero-order valence-electron chi connectivity index (χ0n) is 13.5. The van der Waals surface area contributed by atoms with E-state index in [2.05, 4.69) is 5.32 Å². The lowest BCUT2D eigenvalue weighted by Crippen LogP contribution is -2.22. The molecular weight excluding hydrogens is 340 g/mol. The summed E-state index contributed by atoms with van der Waals surface area (Å²) in [5.41, 5.74) is 0.831. The average molecular weight is 356 g/mol. The van der Waals surface area contributed by atoms with E-state index >= 15 is 0 Å². The fraction of sp³-hybridized carbons (Fsp3) is 0.167. The van der Waals surface area contributed by atoms with Crippen LogP contribution in [0.15, 0.2) is 53.4 Å². The number of ether oxygens (including phenoxy) is 1. The molecule has 2 aromatic carbocycles. The Kier molecular flexibility index (Phi) is 6.43. The molecule has 2 rings (SSSR count). The van der Waals surface area contributed by atoms with Crippen LogP contribution in [0.5, 0.6) is 0 Å². The molecule has 0 aliphatic rings. The number of anilines is 1. The second-order valence-corrected chi connectivity index (χ2v) is 6.62. The Labute approximate surface area is 147 Å². The number of hydrogen-bond donors (Lipinski definition) is 1. The van der Waals surface area contributed by atoms with Crippen molar-refractivity contribution in [3.63, 3.8) is 0 Å². The van der Waals surface area contributed by atoms with Crippen LogP contribution in [0.2, 0.25) is 0 Å². The van der Waals surface area contributed by atoms with Crippen molar-refractivity contribution in [3.05, 3.63) is 59.7 Å². The Morgan fingerprint density at radius 3 is 2.56 bits per heavy atom. The van der Waals surface area contributed by atoms with Gasteiger partial charge in [-0.05, 0) is 24.3 Å². The standard InChI is InChI=1S/C18H16N2O4S/c1-2-25(23)16-10-6-4-8-14(16)18(22)24-12-17(21)20-15-9-5-3-7-13(15)11-19/h3-10H,2,12H2,1H3,(H,20,21)/t25-/m0/s1. The number of carbonyl (C=O) groups excluding carboxylic acids is 2. The van der Waals surface area contributed by atoms with Crippen LogP contribution in [0, 0.1) is 11.3 Å². The maximum atomic E-state index is 12.2. The lowest BCUT2D eigenvalue weighted by atomic mass is 10.2. The molecule has 2 aromatic rings. The van der Waals surface area contributed by atoms with Gasteiger partial charge in [0.1, 0.15) is 6.07 Å². The summed E-state index contributed by atoms with van der Waals surface area (Å²) in [4.78, 5) is 24.5. The Hall–Kier alpha value is -2.98. The third-order valence-corrected chi connectivity index (χ3v) is 4.64. The zero-order chi connectivity index (χ0) is 18.2. The smallest absolute Gasteiger partial charge is 0.339 e. The summed E-state index contributed by atoms with van der Waals surface area (Å²) in [6.07, 6.45) is 0. The highest BCUT2D eigenvalue weighted by Gasteiger charge is 2.17. The molecule has 1 atom stereocenters. The predicted molar refractivity (Wildman–Crippen MR) is 93.5 cm³/mol. The molecule has 7 heteroatoms. The molecule has 128 valence electrons. The fourth-order valence-corrected chi connectivity index (χ4v) is 3.01. The summed E-state index contributed by atoms with van der Waals surface area (Å²) in [5, 5.41) is 11.5. The normalized spacial score (nSPS) is 11.2. The van der Waals surface area contributed by atoms with Crippen molar-refractivity contribution >= 4 is 28.4 Å². The number of hydrogen-bond acceptors (Lipinski definition) is 5. The quantitative estimate of drug-likeness (QED) is 0.802. The van der Waals surface area contributed by atoms with Gasteiger partial charge in [-0.2, -0.15) is 5.26 Å². The Balaban J connectivity index is 2.02. The van der Waals surface area contributed by atoms with Crippen LogP contribution >= 0.6 is 0 Å². The van der Waals surface area contributed by atoms with Crippen LogP contribution in [-0.2, 0) is 20.3 Å². The maximum Gasteiger partial charge on any atom is 0.339 e. The summed E-state index contributed by atoms with van der Waals surface area (Å²) in [5.74, 6) is -0.915. The number of amides is 1. The van der Waals surface area contributed by atoms with Crippen molar-refractivity contribution in [2.45, 2.75) is 11.8 Å². The third kappa shape index (κ3) is 4.75. The molecule has 0 heterocycles. The Morgan fingerprint density at radius 1 is 1.16 bits per heavy atom. The van der Waals surface area contributed by atoms with E-state index in [4.69, 9.17) is 10.00 Å². The summed E-state index contributed by atoms with van der Waals surface area (Å²) in [7, 11) is -1.31. The largest absolute Gasteiger partial charge is 0.452 e. The lowest BCUT2D eigenvalue weighted by molar-refractivity contribution is -0.119. The molecule has 0 aromatic heterocycles. The molecule has 1 N–H and O–H groups in total. The molecule has 0 bridgehead atoms. The van der Waals surface area contributed by atoms with Gasteiger partial charge in [0, 0.05) is 5.75 Å². The number of benzene rings is 2. The third-order valence-electron chi connectivity index (χ3n) is 3.27. The van der Waals surface area contributed by atoms with Gasteiger partial charge in [-0.25, -0.2) is 4.79 Å². The lowest BCUT2D eigenvalue weighted by Gasteiger charge is -2.09. The second-order valence-electron chi connectivity index (χ2n) is 4.91. The molecule has 0 unspecified atom stereocenters. The molecule has 0 saturated carbocycles. The highest BCUT2D eigenvalue weighted by Crippen LogP contribution is 2.16. The average Bonchev–Trinajstić information content (AvgIpc) is 2.65. The fourth-order valence-electron chi connectivity index (χ4n) is 2.07. The van der Waals surface area contributed by atoms with Gasteiger partial charge in [-0.15, -0.1) is 0 Å². The number of esters is 1. The van der Waals surface area contributed by atoms with E-state index in [1.165, 1.54) is 6.07 Å². The van der Waals surface area contributed by atoms with Crippen molar-refractivity contribution in [2.24, 2.45) is 0 Å². The SMILES string of the molecule is CC[S@](=O)c1ccccc1C(=O)OCC(=O)Nc1ccccc1C#N. The van der Waals surface area contributed by atoms with Gasteiger partial charge in [-0.1, -0.05) is 31.2 Å². The number of rotatable bonds is 6. The van der Waals surface area contributed by atoms with Gasteiger partial charge in [-0.3, -0.25) is 9.00 Å². The molecular formula is C18H16N2O4S. The molecule has 0 radical (unpaired) electrons. The van der Waals surface area contributed by atoms with E-state index in [0.29, 0.717) is 21.9 Å². The van der Waals surface area contributed by atoms with Crippen molar-refractivity contribution < 1.29 is 18.5 Å². The first-order valence-corrected chi connectivity index (χ1v) is 8.82. The predicted octanol–water partition coefficient (Wildman–Crippen LogP) is 2.48. The van der Waals surface area contributed by atoms with Crippen LogP contribution < -0.4 is 5.32 Å². The first kappa shape index (κ1) is 18.4. The Bertz CT molecular complexity index is 858. The summed E-state index contributed by atoms with van der Waals surface area (Å²) in [6, 6.07) is 14.9. The Morgan fingerprint density at radius 2 is 1.84 bits per heavy atom. The number of para-hydroxylation sites is 1. The van der Waals surface area contributed by atoms with E-state index < -0.39 is 29.3 Å². The van der Waals surface area contributed by atoms with Crippen LogP contribution in [0.1, 0.15) is 22.8 Å². The molecule has 0 spiro atoms. The van der Waals surface area contributed by atoms with Gasteiger partial charge < -0.3 is 10.1 Å². The van der Waals surface area contributed by atoms with E-state index in [9.17, 15) is 13.8 Å². The van der Waals surface area contributed by atoms with Crippen molar-refractivity contribution in [1.29, 1.82) is 5.26 Å². The topological polar surface area (TPSA) is 96.3 Å². The van der Waals surface area contributed by atoms with Gasteiger partial charge in [0.05, 0.1) is 32.5 Å². The molecule has 6 nitrogen and oxygen atoms in total. The number of nitrogens with one attached hydrogen (secondary N) is 1. The van der Waals surface area contributed by atoms with Crippen molar-refractivity contribution in [3.8, 4) is 6.07 Å². The monoisotopic (exact) mass is 356 g/mol. The van der Waals surface area contributed by atoms with Crippen LogP contribution in [0.4, 0.5) is 5.69 Å². The second kappa shape index (κ2) is 8.76. The molecule has 0 aliphatic carbocycles. The van der Waals surface area contributed by atoms with Gasteiger partial charge in [0.2, 0.25) is 0 Å². The first-order valence-electron chi connectivity index (χ1n) is 7.50. The zero-order valence-corrected chi connectivity index (χ0v) is 14.3. The van der Waals surface area contributed by atoms with E-state index in [1.807, 2.05) is 6.07 Å². The summed E-state index contributed by atoms with van der Waals surface area (Å²) < 4.78 is 17.0.